The van der Waals surface area contributed by atoms with Crippen LogP contribution in [0, 0.1) is 0 Å². The highest BCUT2D eigenvalue weighted by molar-refractivity contribution is 6.51. The maximum Gasteiger partial charge on any atom is 0.300 e. The highest BCUT2D eigenvalue weighted by Gasteiger charge is 2.47. The number of amides is 1. The van der Waals surface area contributed by atoms with E-state index < -0.39 is 23.5 Å². The minimum absolute atomic E-state index is 0.101. The van der Waals surface area contributed by atoms with E-state index in [1.165, 1.54) is 38.4 Å². The number of carbonyl (C=O) groups excluding carboxylic acids is 2. The lowest BCUT2D eigenvalue weighted by Gasteiger charge is -2.26. The summed E-state index contributed by atoms with van der Waals surface area (Å²) in [7, 11) is 4.39. The molecule has 3 aromatic carbocycles. The van der Waals surface area contributed by atoms with Crippen molar-refractivity contribution >= 4 is 34.7 Å². The molecule has 0 radical (unpaired) electrons. The van der Waals surface area contributed by atoms with Gasteiger partial charge in [0.1, 0.15) is 28.8 Å². The van der Waals surface area contributed by atoms with Gasteiger partial charge < -0.3 is 24.1 Å². The van der Waals surface area contributed by atoms with Crippen molar-refractivity contribution in [2.45, 2.75) is 19.4 Å². The molecule has 8 nitrogen and oxygen atoms in total. The van der Waals surface area contributed by atoms with Gasteiger partial charge in [-0.3, -0.25) is 14.5 Å². The Morgan fingerprint density at radius 3 is 2.11 bits per heavy atom. The third-order valence-corrected chi connectivity index (χ3v) is 6.49. The fraction of sp³-hybridized carbons (Fsp3) is 0.241. The number of halogens is 1. The second-order valence-electron chi connectivity index (χ2n) is 8.47. The number of carbonyl (C=O) groups is 2. The summed E-state index contributed by atoms with van der Waals surface area (Å²) in [6, 6.07) is 15.8. The van der Waals surface area contributed by atoms with E-state index in [1.54, 1.807) is 48.5 Å². The van der Waals surface area contributed by atoms with Crippen LogP contribution in [0.5, 0.6) is 23.0 Å². The van der Waals surface area contributed by atoms with E-state index >= 15 is 0 Å². The van der Waals surface area contributed by atoms with Gasteiger partial charge in [-0.15, -0.1) is 0 Å². The monoisotopic (exact) mass is 537 g/mol. The molecule has 1 heterocycles. The normalized spacial score (nSPS) is 16.4. The number of Topliss-reactive ketones (excluding diaryl/α,β-unsaturated/α-hetero) is 1. The average Bonchev–Trinajstić information content (AvgIpc) is 3.21. The first-order valence-corrected chi connectivity index (χ1v) is 12.3. The van der Waals surface area contributed by atoms with Crippen LogP contribution in [0.2, 0.25) is 5.02 Å². The summed E-state index contributed by atoms with van der Waals surface area (Å²) in [6.07, 6.45) is 0.853. The quantitative estimate of drug-likeness (QED) is 0.210. The molecule has 1 fully saturated rings. The molecule has 3 aromatic rings. The zero-order valence-corrected chi connectivity index (χ0v) is 22.2. The van der Waals surface area contributed by atoms with Gasteiger partial charge in [0, 0.05) is 11.8 Å². The first-order chi connectivity index (χ1) is 18.3. The van der Waals surface area contributed by atoms with Gasteiger partial charge in [0.25, 0.3) is 11.7 Å². The van der Waals surface area contributed by atoms with Crippen molar-refractivity contribution in [3.63, 3.8) is 0 Å². The summed E-state index contributed by atoms with van der Waals surface area (Å²) in [5.41, 5.74) is 1.12. The Balaban J connectivity index is 1.92. The summed E-state index contributed by atoms with van der Waals surface area (Å²) in [5.74, 6) is -0.308. The summed E-state index contributed by atoms with van der Waals surface area (Å²) >= 11 is 6.25. The molecule has 1 saturated heterocycles. The van der Waals surface area contributed by atoms with E-state index in [0.29, 0.717) is 29.4 Å². The van der Waals surface area contributed by atoms with Crippen molar-refractivity contribution < 1.29 is 33.6 Å². The molecular weight excluding hydrogens is 510 g/mol. The standard InChI is InChI=1S/C29H28ClNO7/c1-5-14-38-20-10-6-17(7-11-20)26-25(27(32)21-15-24(37-4)22(30)16-23(21)36-3)28(33)29(34)31(26)18-8-12-19(35-2)13-9-18/h6-13,15-16,26,32H,5,14H2,1-4H3/b27-25+. The van der Waals surface area contributed by atoms with Gasteiger partial charge in [0.05, 0.1) is 50.1 Å². The first kappa shape index (κ1) is 26.9. The first-order valence-electron chi connectivity index (χ1n) is 11.9. The van der Waals surface area contributed by atoms with E-state index in [1.807, 2.05) is 6.92 Å². The van der Waals surface area contributed by atoms with Crippen LogP contribution in [0.15, 0.2) is 66.2 Å². The van der Waals surface area contributed by atoms with E-state index in [-0.39, 0.29) is 27.7 Å². The topological polar surface area (TPSA) is 94.5 Å². The number of aliphatic hydroxyl groups is 1. The van der Waals surface area contributed by atoms with Gasteiger partial charge in [-0.1, -0.05) is 30.7 Å². The fourth-order valence-electron chi connectivity index (χ4n) is 4.31. The van der Waals surface area contributed by atoms with Crippen molar-refractivity contribution in [3.8, 4) is 23.0 Å². The minimum Gasteiger partial charge on any atom is -0.507 e. The molecular formula is C29H28ClNO7. The SMILES string of the molecule is CCCOc1ccc(C2/C(=C(\O)c3cc(OC)c(Cl)cc3OC)C(=O)C(=O)N2c2ccc(OC)cc2)cc1. The molecule has 0 aromatic heterocycles. The number of benzene rings is 3. The Labute approximate surface area is 225 Å². The van der Waals surface area contributed by atoms with Gasteiger partial charge >= 0.3 is 0 Å². The number of aliphatic hydroxyl groups excluding tert-OH is 1. The van der Waals surface area contributed by atoms with Gasteiger partial charge in [-0.25, -0.2) is 0 Å². The van der Waals surface area contributed by atoms with Gasteiger partial charge in [0.15, 0.2) is 0 Å². The third-order valence-electron chi connectivity index (χ3n) is 6.19. The molecule has 0 aliphatic carbocycles. The number of rotatable bonds is 9. The Bertz CT molecular complexity index is 1370. The van der Waals surface area contributed by atoms with Gasteiger partial charge in [0.2, 0.25) is 0 Å². The number of hydrogen-bond acceptors (Lipinski definition) is 7. The Hall–Kier alpha value is -4.17. The second kappa shape index (κ2) is 11.5. The molecule has 0 saturated carbocycles. The van der Waals surface area contributed by atoms with Crippen LogP contribution >= 0.6 is 11.6 Å². The molecule has 0 spiro atoms. The zero-order chi connectivity index (χ0) is 27.4. The summed E-state index contributed by atoms with van der Waals surface area (Å²) < 4.78 is 21.7. The van der Waals surface area contributed by atoms with E-state index in [9.17, 15) is 14.7 Å². The lowest BCUT2D eigenvalue weighted by Crippen LogP contribution is -2.29. The summed E-state index contributed by atoms with van der Waals surface area (Å²) in [5, 5.41) is 11.8. The van der Waals surface area contributed by atoms with Gasteiger partial charge in [-0.05, 0) is 54.4 Å². The lowest BCUT2D eigenvalue weighted by atomic mass is 9.94. The van der Waals surface area contributed by atoms with Crippen LogP contribution in [0.1, 0.15) is 30.5 Å². The molecule has 1 unspecified atom stereocenters. The number of anilines is 1. The van der Waals surface area contributed by atoms with Crippen LogP contribution in [0.4, 0.5) is 5.69 Å². The van der Waals surface area contributed by atoms with Gasteiger partial charge in [-0.2, -0.15) is 0 Å². The molecule has 1 aliphatic rings. The van der Waals surface area contributed by atoms with E-state index in [4.69, 9.17) is 30.5 Å². The average molecular weight is 538 g/mol. The Kier molecular flexibility index (Phi) is 8.12. The molecule has 1 atom stereocenters. The maximum atomic E-state index is 13.5. The summed E-state index contributed by atoms with van der Waals surface area (Å²) in [4.78, 5) is 28.3. The third kappa shape index (κ3) is 4.99. The minimum atomic E-state index is -0.935. The number of nitrogens with zero attached hydrogens (tertiary/aromatic N) is 1. The number of ketones is 1. The molecule has 0 bridgehead atoms. The Morgan fingerprint density at radius 2 is 1.53 bits per heavy atom. The fourth-order valence-corrected chi connectivity index (χ4v) is 4.54. The smallest absolute Gasteiger partial charge is 0.300 e. The molecule has 1 N–H and O–H groups in total. The lowest BCUT2D eigenvalue weighted by molar-refractivity contribution is -0.132. The van der Waals surface area contributed by atoms with Crippen LogP contribution in [-0.4, -0.2) is 44.7 Å². The van der Waals surface area contributed by atoms with Crippen molar-refractivity contribution in [3.05, 3.63) is 82.4 Å². The number of hydrogen-bond donors (Lipinski definition) is 1. The van der Waals surface area contributed by atoms with Crippen molar-refractivity contribution in [1.29, 1.82) is 0 Å². The van der Waals surface area contributed by atoms with Crippen LogP contribution in [0.25, 0.3) is 5.76 Å². The van der Waals surface area contributed by atoms with E-state index in [0.717, 1.165) is 6.42 Å². The maximum absolute atomic E-state index is 13.5. The predicted molar refractivity (Wildman–Crippen MR) is 145 cm³/mol. The molecule has 1 aliphatic heterocycles. The van der Waals surface area contributed by atoms with Crippen LogP contribution in [-0.2, 0) is 9.59 Å². The largest absolute Gasteiger partial charge is 0.507 e. The van der Waals surface area contributed by atoms with E-state index in [2.05, 4.69) is 0 Å². The molecule has 4 rings (SSSR count). The Morgan fingerprint density at radius 1 is 0.895 bits per heavy atom. The zero-order valence-electron chi connectivity index (χ0n) is 21.5. The second-order valence-corrected chi connectivity index (χ2v) is 8.88. The highest BCUT2D eigenvalue weighted by Crippen LogP contribution is 2.45. The predicted octanol–water partition coefficient (Wildman–Crippen LogP) is 5.78. The van der Waals surface area contributed by atoms with Crippen molar-refractivity contribution in [1.82, 2.24) is 0 Å². The highest BCUT2D eigenvalue weighted by atomic mass is 35.5. The van der Waals surface area contributed by atoms with Crippen molar-refractivity contribution in [2.75, 3.05) is 32.8 Å². The molecule has 198 valence electrons. The van der Waals surface area contributed by atoms with Crippen LogP contribution < -0.4 is 23.8 Å². The molecule has 9 heteroatoms. The number of ether oxygens (including phenoxy) is 4. The summed E-state index contributed by atoms with van der Waals surface area (Å²) in [6.45, 7) is 2.57. The van der Waals surface area contributed by atoms with Crippen molar-refractivity contribution in [2.24, 2.45) is 0 Å². The number of methoxy groups -OCH3 is 3. The van der Waals surface area contributed by atoms with Crippen LogP contribution in [0.3, 0.4) is 0 Å². The molecule has 38 heavy (non-hydrogen) atoms. The molecule has 1 amide bonds.